The van der Waals surface area contributed by atoms with E-state index in [2.05, 4.69) is 5.32 Å². The number of hydrogen-bond acceptors (Lipinski definition) is 4. The molecule has 3 aromatic rings. The van der Waals surface area contributed by atoms with Gasteiger partial charge in [-0.2, -0.15) is 0 Å². The summed E-state index contributed by atoms with van der Waals surface area (Å²) in [5.41, 5.74) is 4.07. The fraction of sp³-hybridized carbons (Fsp3) is 0.200. The molecule has 0 bridgehead atoms. The average Bonchev–Trinajstić information content (AvgIpc) is 2.97. The fourth-order valence-corrected chi connectivity index (χ4v) is 2.56. The van der Waals surface area contributed by atoms with Gasteiger partial charge in [0.15, 0.2) is 6.61 Å². The zero-order valence-electron chi connectivity index (χ0n) is 14.5. The third-order valence-electron chi connectivity index (χ3n) is 4.10. The van der Waals surface area contributed by atoms with Crippen molar-refractivity contribution >= 4 is 28.5 Å². The lowest BCUT2D eigenvalue weighted by Crippen LogP contribution is -2.21. The molecule has 0 radical (unpaired) electrons. The van der Waals surface area contributed by atoms with Crippen LogP contribution < -0.4 is 5.32 Å². The highest BCUT2D eigenvalue weighted by atomic mass is 19.1. The van der Waals surface area contributed by atoms with Gasteiger partial charge in [-0.25, -0.2) is 4.39 Å². The van der Waals surface area contributed by atoms with Crippen molar-refractivity contribution < 1.29 is 23.1 Å². The summed E-state index contributed by atoms with van der Waals surface area (Å²) in [5, 5.41) is 3.39. The van der Waals surface area contributed by atoms with Crippen LogP contribution in [0.25, 0.3) is 11.0 Å². The molecule has 3 rings (SSSR count). The van der Waals surface area contributed by atoms with Crippen molar-refractivity contribution in [2.75, 3.05) is 11.9 Å². The first kappa shape index (κ1) is 17.7. The predicted molar refractivity (Wildman–Crippen MR) is 95.4 cm³/mol. The molecule has 1 heterocycles. The number of rotatable bonds is 5. The molecule has 0 saturated heterocycles. The van der Waals surface area contributed by atoms with E-state index in [1.54, 1.807) is 0 Å². The van der Waals surface area contributed by atoms with Gasteiger partial charge in [-0.05, 0) is 61.4 Å². The van der Waals surface area contributed by atoms with Crippen molar-refractivity contribution in [1.82, 2.24) is 0 Å². The lowest BCUT2D eigenvalue weighted by Gasteiger charge is -2.06. The summed E-state index contributed by atoms with van der Waals surface area (Å²) >= 11 is 0. The maximum absolute atomic E-state index is 12.8. The number of ether oxygens (including phenoxy) is 1. The van der Waals surface area contributed by atoms with Gasteiger partial charge < -0.3 is 14.5 Å². The molecule has 0 fully saturated rings. The number of amides is 1. The second kappa shape index (κ2) is 7.39. The molecule has 6 heteroatoms. The van der Waals surface area contributed by atoms with Gasteiger partial charge in [0.25, 0.3) is 5.91 Å². The summed E-state index contributed by atoms with van der Waals surface area (Å²) in [7, 11) is 0. The van der Waals surface area contributed by atoms with Gasteiger partial charge in [0.05, 0.1) is 12.7 Å². The summed E-state index contributed by atoms with van der Waals surface area (Å²) in [4.78, 5) is 23.8. The quantitative estimate of drug-likeness (QED) is 0.705. The molecule has 0 spiro atoms. The van der Waals surface area contributed by atoms with Gasteiger partial charge in [-0.1, -0.05) is 0 Å². The summed E-state index contributed by atoms with van der Waals surface area (Å²) < 4.78 is 23.3. The first-order chi connectivity index (χ1) is 12.4. The third kappa shape index (κ3) is 4.08. The van der Waals surface area contributed by atoms with Crippen LogP contribution in [0.15, 0.2) is 47.1 Å². The number of aryl methyl sites for hydroxylation is 2. The molecular weight excluding hydrogens is 337 g/mol. The Hall–Kier alpha value is -3.15. The van der Waals surface area contributed by atoms with E-state index < -0.39 is 24.3 Å². The maximum Gasteiger partial charge on any atom is 0.310 e. The molecule has 0 saturated carbocycles. The van der Waals surface area contributed by atoms with E-state index in [4.69, 9.17) is 9.15 Å². The predicted octanol–water partition coefficient (Wildman–Crippen LogP) is 3.91. The van der Waals surface area contributed by atoms with E-state index in [1.807, 2.05) is 26.0 Å². The Morgan fingerprint density at radius 2 is 1.81 bits per heavy atom. The molecule has 2 aromatic carbocycles. The van der Waals surface area contributed by atoms with Gasteiger partial charge in [0.2, 0.25) is 0 Å². The third-order valence-corrected chi connectivity index (χ3v) is 4.10. The summed E-state index contributed by atoms with van der Waals surface area (Å²) in [5.74, 6) is -1.42. The van der Waals surface area contributed by atoms with Crippen LogP contribution in [0.3, 0.4) is 0 Å². The molecule has 1 aromatic heterocycles. The van der Waals surface area contributed by atoms with Crippen LogP contribution in [0.4, 0.5) is 10.1 Å². The Labute approximate surface area is 149 Å². The Morgan fingerprint density at radius 3 is 2.54 bits per heavy atom. The van der Waals surface area contributed by atoms with Crippen molar-refractivity contribution in [2.45, 2.75) is 20.3 Å². The lowest BCUT2D eigenvalue weighted by molar-refractivity contribution is -0.146. The summed E-state index contributed by atoms with van der Waals surface area (Å²) in [6.07, 6.45) is 1.54. The second-order valence-electron chi connectivity index (χ2n) is 6.09. The highest BCUT2D eigenvalue weighted by Gasteiger charge is 2.14. The monoisotopic (exact) mass is 355 g/mol. The van der Waals surface area contributed by atoms with Crippen LogP contribution in [-0.4, -0.2) is 18.5 Å². The SMILES string of the molecule is Cc1cc2occ(CC(=O)OCC(=O)Nc3ccc(F)cc3)c2cc1C. The topological polar surface area (TPSA) is 68.5 Å². The molecule has 0 aliphatic rings. The van der Waals surface area contributed by atoms with Gasteiger partial charge in [0, 0.05) is 16.6 Å². The van der Waals surface area contributed by atoms with Gasteiger partial charge in [-0.3, -0.25) is 9.59 Å². The van der Waals surface area contributed by atoms with Gasteiger partial charge in [0.1, 0.15) is 11.4 Å². The fourth-order valence-electron chi connectivity index (χ4n) is 2.56. The number of carbonyl (C=O) groups is 2. The van der Waals surface area contributed by atoms with E-state index in [-0.39, 0.29) is 6.42 Å². The minimum absolute atomic E-state index is 0.0132. The largest absolute Gasteiger partial charge is 0.464 e. The number of benzene rings is 2. The number of anilines is 1. The van der Waals surface area contributed by atoms with E-state index in [9.17, 15) is 14.0 Å². The first-order valence-electron chi connectivity index (χ1n) is 8.11. The van der Waals surface area contributed by atoms with Crippen LogP contribution in [-0.2, 0) is 20.7 Å². The van der Waals surface area contributed by atoms with Crippen LogP contribution >= 0.6 is 0 Å². The van der Waals surface area contributed by atoms with Crippen molar-refractivity contribution in [2.24, 2.45) is 0 Å². The molecule has 0 aliphatic carbocycles. The van der Waals surface area contributed by atoms with Gasteiger partial charge in [-0.15, -0.1) is 0 Å². The van der Waals surface area contributed by atoms with Crippen LogP contribution in [0.5, 0.6) is 0 Å². The zero-order chi connectivity index (χ0) is 18.7. The summed E-state index contributed by atoms with van der Waals surface area (Å²) in [6, 6.07) is 9.21. The number of esters is 1. The average molecular weight is 355 g/mol. The molecule has 134 valence electrons. The zero-order valence-corrected chi connectivity index (χ0v) is 14.5. The number of halogens is 1. The standard InChI is InChI=1S/C20H18FNO4/c1-12-7-17-14(10-25-18(17)8-13(12)2)9-20(24)26-11-19(23)22-16-5-3-15(21)4-6-16/h3-8,10H,9,11H2,1-2H3,(H,22,23). The Bertz CT molecular complexity index is 960. The van der Waals surface area contributed by atoms with Crippen molar-refractivity contribution in [3.63, 3.8) is 0 Å². The molecule has 0 atom stereocenters. The smallest absolute Gasteiger partial charge is 0.310 e. The first-order valence-corrected chi connectivity index (χ1v) is 8.11. The minimum Gasteiger partial charge on any atom is -0.464 e. The molecule has 0 unspecified atom stereocenters. The minimum atomic E-state index is -0.528. The van der Waals surface area contributed by atoms with Crippen molar-refractivity contribution in [3.05, 3.63) is 65.2 Å². The molecule has 0 aliphatic heterocycles. The Morgan fingerprint density at radius 1 is 1.12 bits per heavy atom. The molecule has 26 heavy (non-hydrogen) atoms. The van der Waals surface area contributed by atoms with E-state index in [0.717, 1.165) is 16.5 Å². The molecule has 1 N–H and O–H groups in total. The van der Waals surface area contributed by atoms with Crippen molar-refractivity contribution in [3.8, 4) is 0 Å². The second-order valence-corrected chi connectivity index (χ2v) is 6.09. The van der Waals surface area contributed by atoms with Crippen molar-refractivity contribution in [1.29, 1.82) is 0 Å². The van der Waals surface area contributed by atoms with Crippen LogP contribution in [0, 0.1) is 19.7 Å². The molecular formula is C20H18FNO4. The molecule has 1 amide bonds. The molecule has 5 nitrogen and oxygen atoms in total. The Kier molecular flexibility index (Phi) is 5.02. The maximum atomic E-state index is 12.8. The normalized spacial score (nSPS) is 10.7. The van der Waals surface area contributed by atoms with Gasteiger partial charge >= 0.3 is 5.97 Å². The number of furan rings is 1. The van der Waals surface area contributed by atoms with Crippen LogP contribution in [0.1, 0.15) is 16.7 Å². The van der Waals surface area contributed by atoms with Crippen LogP contribution in [0.2, 0.25) is 0 Å². The van der Waals surface area contributed by atoms with E-state index in [1.165, 1.54) is 30.5 Å². The number of hydrogen-bond donors (Lipinski definition) is 1. The highest BCUT2D eigenvalue weighted by molar-refractivity contribution is 5.93. The number of fused-ring (bicyclic) bond motifs is 1. The van der Waals surface area contributed by atoms with E-state index >= 15 is 0 Å². The number of carbonyl (C=O) groups excluding carboxylic acids is 2. The highest BCUT2D eigenvalue weighted by Crippen LogP contribution is 2.25. The Balaban J connectivity index is 1.56. The summed E-state index contributed by atoms with van der Waals surface area (Å²) in [6.45, 7) is 3.57. The number of nitrogens with one attached hydrogen (secondary N) is 1. The lowest BCUT2D eigenvalue weighted by atomic mass is 10.0. The van der Waals surface area contributed by atoms with E-state index in [0.29, 0.717) is 16.8 Å².